The number of fused-ring (bicyclic) bond motifs is 1. The number of aromatic nitrogens is 2. The Morgan fingerprint density at radius 2 is 2.10 bits per heavy atom. The maximum absolute atomic E-state index is 12.4. The van der Waals surface area contributed by atoms with E-state index in [4.69, 9.17) is 23.2 Å². The van der Waals surface area contributed by atoms with Gasteiger partial charge in [-0.25, -0.2) is 0 Å². The Kier molecular flexibility index (Phi) is 3.65. The standard InChI is InChI=1S/C14H11Cl2N3OS/c1-7-5-11(19(2)18-7)17-14(20)13-12(16)9-4-3-8(15)6-10(9)21-13/h3-6H,1-2H3,(H,17,20). The SMILES string of the molecule is Cc1cc(NC(=O)c2sc3cc(Cl)ccc3c2Cl)n(C)n1. The number of amides is 1. The van der Waals surface area contributed by atoms with Crippen molar-refractivity contribution in [3.63, 3.8) is 0 Å². The number of rotatable bonds is 2. The van der Waals surface area contributed by atoms with E-state index in [2.05, 4.69) is 10.4 Å². The number of aryl methyl sites for hydroxylation is 2. The van der Waals surface area contributed by atoms with Crippen LogP contribution < -0.4 is 5.32 Å². The number of anilines is 1. The van der Waals surface area contributed by atoms with Crippen molar-refractivity contribution < 1.29 is 4.79 Å². The van der Waals surface area contributed by atoms with Crippen LogP contribution in [-0.4, -0.2) is 15.7 Å². The van der Waals surface area contributed by atoms with Gasteiger partial charge in [0.1, 0.15) is 10.7 Å². The van der Waals surface area contributed by atoms with Gasteiger partial charge >= 0.3 is 0 Å². The lowest BCUT2D eigenvalue weighted by atomic mass is 10.2. The molecule has 2 heterocycles. The molecule has 4 nitrogen and oxygen atoms in total. The molecular formula is C14H11Cl2N3OS. The Bertz CT molecular complexity index is 853. The fourth-order valence-electron chi connectivity index (χ4n) is 2.09. The number of hydrogen-bond acceptors (Lipinski definition) is 3. The fourth-order valence-corrected chi connectivity index (χ4v) is 3.77. The molecule has 1 amide bonds. The third-order valence-electron chi connectivity index (χ3n) is 3.04. The van der Waals surface area contributed by atoms with E-state index in [0.717, 1.165) is 15.8 Å². The van der Waals surface area contributed by atoms with Crippen LogP contribution in [0.15, 0.2) is 24.3 Å². The summed E-state index contributed by atoms with van der Waals surface area (Å²) < 4.78 is 2.50. The minimum atomic E-state index is -0.250. The van der Waals surface area contributed by atoms with Gasteiger partial charge < -0.3 is 5.32 Å². The van der Waals surface area contributed by atoms with Crippen LogP contribution in [0.5, 0.6) is 0 Å². The largest absolute Gasteiger partial charge is 0.306 e. The second kappa shape index (κ2) is 5.33. The molecule has 3 rings (SSSR count). The Morgan fingerprint density at radius 1 is 1.33 bits per heavy atom. The molecule has 21 heavy (non-hydrogen) atoms. The minimum absolute atomic E-state index is 0.250. The number of carbonyl (C=O) groups excluding carboxylic acids is 1. The van der Waals surface area contributed by atoms with Crippen molar-refractivity contribution in [2.45, 2.75) is 6.92 Å². The van der Waals surface area contributed by atoms with Crippen LogP contribution in [0.3, 0.4) is 0 Å². The molecule has 0 spiro atoms. The summed E-state index contributed by atoms with van der Waals surface area (Å²) in [5, 5.41) is 8.91. The summed E-state index contributed by atoms with van der Waals surface area (Å²) in [5.74, 6) is 0.379. The summed E-state index contributed by atoms with van der Waals surface area (Å²) in [6, 6.07) is 7.19. The third-order valence-corrected chi connectivity index (χ3v) is 4.93. The van der Waals surface area contributed by atoms with E-state index in [-0.39, 0.29) is 5.91 Å². The van der Waals surface area contributed by atoms with Crippen molar-refractivity contribution in [1.82, 2.24) is 9.78 Å². The van der Waals surface area contributed by atoms with Crippen LogP contribution in [0, 0.1) is 6.92 Å². The van der Waals surface area contributed by atoms with Crippen molar-refractivity contribution in [3.8, 4) is 0 Å². The molecule has 3 aromatic rings. The van der Waals surface area contributed by atoms with Crippen LogP contribution in [0.4, 0.5) is 5.82 Å². The number of halogens is 2. The molecule has 0 aliphatic rings. The fraction of sp³-hybridized carbons (Fsp3) is 0.143. The third kappa shape index (κ3) is 2.64. The van der Waals surface area contributed by atoms with Crippen molar-refractivity contribution in [2.75, 3.05) is 5.32 Å². The lowest BCUT2D eigenvalue weighted by molar-refractivity contribution is 0.103. The first-order valence-corrected chi connectivity index (χ1v) is 7.72. The Hall–Kier alpha value is -1.56. The van der Waals surface area contributed by atoms with Crippen LogP contribution in [0.25, 0.3) is 10.1 Å². The van der Waals surface area contributed by atoms with Gasteiger partial charge in [0.25, 0.3) is 5.91 Å². The topological polar surface area (TPSA) is 46.9 Å². The highest BCUT2D eigenvalue weighted by Crippen LogP contribution is 2.37. The predicted octanol–water partition coefficient (Wildman–Crippen LogP) is 4.50. The van der Waals surface area contributed by atoms with E-state index in [9.17, 15) is 4.79 Å². The van der Waals surface area contributed by atoms with Crippen molar-refractivity contribution in [1.29, 1.82) is 0 Å². The number of thiophene rings is 1. The number of carbonyl (C=O) groups is 1. The first-order valence-electron chi connectivity index (χ1n) is 6.15. The highest BCUT2D eigenvalue weighted by Gasteiger charge is 2.18. The maximum Gasteiger partial charge on any atom is 0.268 e. The second-order valence-electron chi connectivity index (χ2n) is 4.63. The van der Waals surface area contributed by atoms with Gasteiger partial charge in [-0.3, -0.25) is 9.48 Å². The molecule has 7 heteroatoms. The summed E-state index contributed by atoms with van der Waals surface area (Å²) in [5.41, 5.74) is 0.835. The van der Waals surface area contributed by atoms with Gasteiger partial charge in [0.15, 0.2) is 0 Å². The molecule has 0 fully saturated rings. The molecule has 0 bridgehead atoms. The number of hydrogen-bond donors (Lipinski definition) is 1. The highest BCUT2D eigenvalue weighted by atomic mass is 35.5. The van der Waals surface area contributed by atoms with E-state index in [1.807, 2.05) is 13.0 Å². The number of nitrogens with zero attached hydrogens (tertiary/aromatic N) is 2. The van der Waals surface area contributed by atoms with E-state index in [1.54, 1.807) is 29.9 Å². The normalized spacial score (nSPS) is 11.0. The molecule has 108 valence electrons. The van der Waals surface area contributed by atoms with E-state index < -0.39 is 0 Å². The monoisotopic (exact) mass is 339 g/mol. The number of nitrogens with one attached hydrogen (secondary N) is 1. The van der Waals surface area contributed by atoms with Gasteiger partial charge in [-0.05, 0) is 19.1 Å². The van der Waals surface area contributed by atoms with E-state index in [0.29, 0.717) is 20.7 Å². The van der Waals surface area contributed by atoms with Crippen LogP contribution in [0.2, 0.25) is 10.0 Å². The lowest BCUT2D eigenvalue weighted by Gasteiger charge is -2.03. The molecule has 1 N–H and O–H groups in total. The Balaban J connectivity index is 1.98. The van der Waals surface area contributed by atoms with Crippen LogP contribution >= 0.6 is 34.5 Å². The number of benzene rings is 1. The summed E-state index contributed by atoms with van der Waals surface area (Å²) in [6.07, 6.45) is 0. The van der Waals surface area contributed by atoms with Gasteiger partial charge in [0.05, 0.1) is 10.7 Å². The molecule has 0 saturated heterocycles. The predicted molar refractivity (Wildman–Crippen MR) is 87.7 cm³/mol. The molecule has 2 aromatic heterocycles. The van der Waals surface area contributed by atoms with E-state index in [1.165, 1.54) is 11.3 Å². The average molecular weight is 340 g/mol. The van der Waals surface area contributed by atoms with Gasteiger partial charge in [0, 0.05) is 28.2 Å². The molecular weight excluding hydrogens is 329 g/mol. The molecule has 0 unspecified atom stereocenters. The average Bonchev–Trinajstić information content (AvgIpc) is 2.90. The van der Waals surface area contributed by atoms with E-state index >= 15 is 0 Å². The molecule has 0 aliphatic carbocycles. The smallest absolute Gasteiger partial charge is 0.268 e. The van der Waals surface area contributed by atoms with Gasteiger partial charge in [-0.2, -0.15) is 5.10 Å². The molecule has 0 atom stereocenters. The first kappa shape index (κ1) is 14.4. The summed E-state index contributed by atoms with van der Waals surface area (Å²) in [4.78, 5) is 12.9. The highest BCUT2D eigenvalue weighted by molar-refractivity contribution is 7.21. The summed E-state index contributed by atoms with van der Waals surface area (Å²) >= 11 is 13.6. The molecule has 0 saturated carbocycles. The van der Waals surface area contributed by atoms with Gasteiger partial charge in [-0.15, -0.1) is 11.3 Å². The molecule has 1 aromatic carbocycles. The lowest BCUT2D eigenvalue weighted by Crippen LogP contribution is -2.13. The Morgan fingerprint density at radius 3 is 2.76 bits per heavy atom. The van der Waals surface area contributed by atoms with Crippen molar-refractivity contribution in [3.05, 3.63) is 44.9 Å². The van der Waals surface area contributed by atoms with Crippen molar-refractivity contribution in [2.24, 2.45) is 7.05 Å². The summed E-state index contributed by atoms with van der Waals surface area (Å²) in [7, 11) is 1.77. The zero-order chi connectivity index (χ0) is 15.1. The maximum atomic E-state index is 12.4. The zero-order valence-corrected chi connectivity index (χ0v) is 13.6. The first-order chi connectivity index (χ1) is 9.95. The minimum Gasteiger partial charge on any atom is -0.306 e. The quantitative estimate of drug-likeness (QED) is 0.746. The van der Waals surface area contributed by atoms with Gasteiger partial charge in [0.2, 0.25) is 0 Å². The molecule has 0 aliphatic heterocycles. The summed E-state index contributed by atoms with van der Waals surface area (Å²) in [6.45, 7) is 1.87. The zero-order valence-electron chi connectivity index (χ0n) is 11.3. The second-order valence-corrected chi connectivity index (χ2v) is 6.50. The van der Waals surface area contributed by atoms with Gasteiger partial charge in [-0.1, -0.05) is 29.3 Å². The van der Waals surface area contributed by atoms with Crippen LogP contribution in [-0.2, 0) is 7.05 Å². The van der Waals surface area contributed by atoms with Crippen molar-refractivity contribution >= 4 is 56.3 Å². The Labute approximate surface area is 135 Å². The van der Waals surface area contributed by atoms with Crippen LogP contribution in [0.1, 0.15) is 15.4 Å². The molecule has 0 radical (unpaired) electrons.